The van der Waals surface area contributed by atoms with Crippen molar-refractivity contribution in [3.63, 3.8) is 0 Å². The van der Waals surface area contributed by atoms with Gasteiger partial charge in [-0.1, -0.05) is 18.2 Å². The Kier molecular flexibility index (Phi) is 4.69. The number of carbonyl (C=O) groups excluding carboxylic acids is 2. The summed E-state index contributed by atoms with van der Waals surface area (Å²) in [6.07, 6.45) is 2.03. The standard InChI is InChI=1S/C17H20N2O5/c20-15(21)9-19-8-4-3-6-13(17(19)23)18-16(22)12-10-24-14-7-2-1-5-11(12)14/h1-2,5,7,12-13H,3-4,6,8-10H2,(H,18,22)(H,20,21). The van der Waals surface area contributed by atoms with Gasteiger partial charge in [-0.3, -0.25) is 14.4 Å². The van der Waals surface area contributed by atoms with E-state index < -0.39 is 17.9 Å². The molecule has 128 valence electrons. The number of carboxylic acid groups (broad SMARTS) is 1. The van der Waals surface area contributed by atoms with E-state index in [1.54, 1.807) is 0 Å². The summed E-state index contributed by atoms with van der Waals surface area (Å²) in [5.74, 6) is -1.37. The Labute approximate surface area is 139 Å². The molecule has 7 nitrogen and oxygen atoms in total. The fourth-order valence-electron chi connectivity index (χ4n) is 3.21. The number of carboxylic acids is 1. The predicted octanol–water partition coefficient (Wildman–Crippen LogP) is 0.744. The first-order chi connectivity index (χ1) is 11.6. The number of amides is 2. The summed E-state index contributed by atoms with van der Waals surface area (Å²) in [5.41, 5.74) is 0.818. The van der Waals surface area contributed by atoms with E-state index >= 15 is 0 Å². The molecule has 1 fully saturated rings. The van der Waals surface area contributed by atoms with Crippen LogP contribution in [0.25, 0.3) is 0 Å². The number of carbonyl (C=O) groups is 3. The van der Waals surface area contributed by atoms with Gasteiger partial charge in [-0.25, -0.2) is 0 Å². The summed E-state index contributed by atoms with van der Waals surface area (Å²) in [5, 5.41) is 11.7. The number of ether oxygens (including phenoxy) is 1. The lowest BCUT2D eigenvalue weighted by Crippen LogP contribution is -2.49. The van der Waals surface area contributed by atoms with Crippen molar-refractivity contribution in [3.05, 3.63) is 29.8 Å². The minimum atomic E-state index is -1.05. The van der Waals surface area contributed by atoms with Crippen LogP contribution in [-0.4, -0.2) is 53.5 Å². The molecule has 0 aliphatic carbocycles. The molecule has 24 heavy (non-hydrogen) atoms. The van der Waals surface area contributed by atoms with Crippen LogP contribution in [0.2, 0.25) is 0 Å². The van der Waals surface area contributed by atoms with Crippen molar-refractivity contribution in [1.29, 1.82) is 0 Å². The van der Waals surface area contributed by atoms with Crippen molar-refractivity contribution in [2.75, 3.05) is 19.7 Å². The van der Waals surface area contributed by atoms with Gasteiger partial charge in [0, 0.05) is 12.1 Å². The number of nitrogens with zero attached hydrogens (tertiary/aromatic N) is 1. The topological polar surface area (TPSA) is 95.9 Å². The van der Waals surface area contributed by atoms with Crippen LogP contribution in [0.5, 0.6) is 5.75 Å². The molecule has 2 aliphatic heterocycles. The molecule has 1 aromatic rings. The summed E-state index contributed by atoms with van der Waals surface area (Å²) in [6, 6.07) is 6.68. The highest BCUT2D eigenvalue weighted by atomic mass is 16.5. The number of benzene rings is 1. The number of aliphatic carboxylic acids is 1. The van der Waals surface area contributed by atoms with Crippen molar-refractivity contribution in [2.45, 2.75) is 31.2 Å². The van der Waals surface area contributed by atoms with E-state index in [2.05, 4.69) is 5.32 Å². The minimum Gasteiger partial charge on any atom is -0.492 e. The van der Waals surface area contributed by atoms with Gasteiger partial charge in [0.25, 0.3) is 0 Å². The first kappa shape index (κ1) is 16.3. The Hall–Kier alpha value is -2.57. The first-order valence-corrected chi connectivity index (χ1v) is 8.09. The number of fused-ring (bicyclic) bond motifs is 1. The van der Waals surface area contributed by atoms with Crippen LogP contribution in [0.1, 0.15) is 30.7 Å². The van der Waals surface area contributed by atoms with Gasteiger partial charge in [-0.2, -0.15) is 0 Å². The number of rotatable bonds is 4. The Morgan fingerprint density at radius 3 is 2.88 bits per heavy atom. The number of hydrogen-bond acceptors (Lipinski definition) is 4. The van der Waals surface area contributed by atoms with Crippen molar-refractivity contribution in [2.24, 2.45) is 0 Å². The lowest BCUT2D eigenvalue weighted by molar-refractivity contribution is -0.145. The number of para-hydroxylation sites is 1. The molecule has 0 spiro atoms. The average Bonchev–Trinajstić information content (AvgIpc) is 2.92. The Balaban J connectivity index is 1.69. The molecule has 3 rings (SSSR count). The minimum absolute atomic E-state index is 0.254. The monoisotopic (exact) mass is 332 g/mol. The molecule has 1 aromatic carbocycles. The molecular formula is C17H20N2O5. The van der Waals surface area contributed by atoms with Gasteiger partial charge in [-0.15, -0.1) is 0 Å². The summed E-state index contributed by atoms with van der Waals surface area (Å²) in [4.78, 5) is 37.3. The predicted molar refractivity (Wildman–Crippen MR) is 84.7 cm³/mol. The second-order valence-electron chi connectivity index (χ2n) is 6.11. The average molecular weight is 332 g/mol. The maximum Gasteiger partial charge on any atom is 0.323 e. The first-order valence-electron chi connectivity index (χ1n) is 8.09. The highest BCUT2D eigenvalue weighted by molar-refractivity contribution is 5.92. The van der Waals surface area contributed by atoms with E-state index in [0.717, 1.165) is 18.4 Å². The van der Waals surface area contributed by atoms with Crippen molar-refractivity contribution < 1.29 is 24.2 Å². The zero-order valence-corrected chi connectivity index (χ0v) is 13.2. The normalized spacial score (nSPS) is 23.2. The maximum atomic E-state index is 12.6. The molecular weight excluding hydrogens is 312 g/mol. The molecule has 2 amide bonds. The molecule has 2 heterocycles. The van der Waals surface area contributed by atoms with Gasteiger partial charge >= 0.3 is 5.97 Å². The third-order valence-electron chi connectivity index (χ3n) is 4.44. The molecule has 0 aromatic heterocycles. The molecule has 7 heteroatoms. The number of likely N-dealkylation sites (tertiary alicyclic amines) is 1. The van der Waals surface area contributed by atoms with E-state index in [1.165, 1.54) is 4.90 Å². The third-order valence-corrected chi connectivity index (χ3v) is 4.44. The zero-order chi connectivity index (χ0) is 17.1. The summed E-state index contributed by atoms with van der Waals surface area (Å²) in [7, 11) is 0. The fourth-order valence-corrected chi connectivity index (χ4v) is 3.21. The second kappa shape index (κ2) is 6.90. The maximum absolute atomic E-state index is 12.6. The molecule has 2 aliphatic rings. The van der Waals surface area contributed by atoms with Gasteiger partial charge in [0.15, 0.2) is 0 Å². The summed E-state index contributed by atoms with van der Waals surface area (Å²) >= 11 is 0. The van der Waals surface area contributed by atoms with E-state index in [-0.39, 0.29) is 25.0 Å². The Bertz CT molecular complexity index is 660. The largest absolute Gasteiger partial charge is 0.492 e. The van der Waals surface area contributed by atoms with Crippen molar-refractivity contribution in [3.8, 4) is 5.75 Å². The molecule has 2 N–H and O–H groups in total. The van der Waals surface area contributed by atoms with Crippen LogP contribution in [0.4, 0.5) is 0 Å². The van der Waals surface area contributed by atoms with E-state index in [9.17, 15) is 14.4 Å². The SMILES string of the molecule is O=C(O)CN1CCCCC(NC(=O)C2COc3ccccc32)C1=O. The summed E-state index contributed by atoms with van der Waals surface area (Å²) in [6.45, 7) is 0.332. The van der Waals surface area contributed by atoms with Crippen LogP contribution < -0.4 is 10.1 Å². The quantitative estimate of drug-likeness (QED) is 0.848. The van der Waals surface area contributed by atoms with Crippen LogP contribution in [0.15, 0.2) is 24.3 Å². The van der Waals surface area contributed by atoms with Crippen LogP contribution in [-0.2, 0) is 14.4 Å². The van der Waals surface area contributed by atoms with E-state index in [0.29, 0.717) is 18.7 Å². The van der Waals surface area contributed by atoms with Gasteiger partial charge in [-0.05, 0) is 25.3 Å². The van der Waals surface area contributed by atoms with Crippen LogP contribution in [0, 0.1) is 0 Å². The summed E-state index contributed by atoms with van der Waals surface area (Å²) < 4.78 is 5.51. The molecule has 0 radical (unpaired) electrons. The smallest absolute Gasteiger partial charge is 0.323 e. The third kappa shape index (κ3) is 3.34. The van der Waals surface area contributed by atoms with Gasteiger partial charge < -0.3 is 20.1 Å². The Morgan fingerprint density at radius 2 is 2.08 bits per heavy atom. The molecule has 2 atom stereocenters. The lowest BCUT2D eigenvalue weighted by atomic mass is 9.99. The number of nitrogens with one attached hydrogen (secondary N) is 1. The van der Waals surface area contributed by atoms with Gasteiger partial charge in [0.05, 0.1) is 0 Å². The van der Waals surface area contributed by atoms with Crippen molar-refractivity contribution >= 4 is 17.8 Å². The van der Waals surface area contributed by atoms with E-state index in [1.807, 2.05) is 24.3 Å². The fraction of sp³-hybridized carbons (Fsp3) is 0.471. The van der Waals surface area contributed by atoms with E-state index in [4.69, 9.17) is 9.84 Å². The molecule has 2 unspecified atom stereocenters. The van der Waals surface area contributed by atoms with Crippen molar-refractivity contribution in [1.82, 2.24) is 10.2 Å². The zero-order valence-electron chi connectivity index (χ0n) is 13.2. The van der Waals surface area contributed by atoms with Gasteiger partial charge in [0.1, 0.15) is 30.9 Å². The second-order valence-corrected chi connectivity index (χ2v) is 6.11. The molecule has 1 saturated heterocycles. The molecule has 0 bridgehead atoms. The van der Waals surface area contributed by atoms with Gasteiger partial charge in [0.2, 0.25) is 11.8 Å². The Morgan fingerprint density at radius 1 is 1.29 bits per heavy atom. The van der Waals surface area contributed by atoms with Crippen LogP contribution >= 0.6 is 0 Å². The number of hydrogen-bond donors (Lipinski definition) is 2. The highest BCUT2D eigenvalue weighted by Gasteiger charge is 2.34. The van der Waals surface area contributed by atoms with Crippen LogP contribution in [0.3, 0.4) is 0 Å². The lowest BCUT2D eigenvalue weighted by Gasteiger charge is -2.24. The highest BCUT2D eigenvalue weighted by Crippen LogP contribution is 2.33. The molecule has 0 saturated carbocycles.